The zero-order valence-corrected chi connectivity index (χ0v) is 19.9. The average molecular weight is 478 g/mol. The molecule has 1 aromatic heterocycles. The molecule has 0 bridgehead atoms. The van der Waals surface area contributed by atoms with E-state index >= 15 is 0 Å². The van der Waals surface area contributed by atoms with Gasteiger partial charge < -0.3 is 15.4 Å². The van der Waals surface area contributed by atoms with E-state index in [1.54, 1.807) is 12.1 Å². The van der Waals surface area contributed by atoms with E-state index in [1.165, 1.54) is 6.20 Å². The van der Waals surface area contributed by atoms with Gasteiger partial charge in [-0.1, -0.05) is 72.4 Å². The highest BCUT2D eigenvalue weighted by Gasteiger charge is 2.18. The van der Waals surface area contributed by atoms with Crippen molar-refractivity contribution in [3.05, 3.63) is 95.7 Å². The SMILES string of the molecule is C[C@H](NC(=O)COC(=O)c1cccnc1SCC(=O)N[C@@H](C)c1ccccc1)c1ccccc1. The molecule has 0 unspecified atom stereocenters. The van der Waals surface area contributed by atoms with Crippen molar-refractivity contribution in [3.63, 3.8) is 0 Å². The van der Waals surface area contributed by atoms with Gasteiger partial charge in [-0.3, -0.25) is 9.59 Å². The summed E-state index contributed by atoms with van der Waals surface area (Å²) in [6.45, 7) is 3.35. The minimum atomic E-state index is -0.670. The molecule has 3 rings (SSSR count). The number of thioether (sulfide) groups is 1. The first-order valence-corrected chi connectivity index (χ1v) is 11.9. The lowest BCUT2D eigenvalue weighted by atomic mass is 10.1. The molecule has 2 N–H and O–H groups in total. The number of pyridine rings is 1. The van der Waals surface area contributed by atoms with Gasteiger partial charge in [0.1, 0.15) is 5.03 Å². The maximum Gasteiger partial charge on any atom is 0.341 e. The first kappa shape index (κ1) is 25.0. The number of esters is 1. The van der Waals surface area contributed by atoms with Gasteiger partial charge in [-0.05, 0) is 37.1 Å². The number of hydrogen-bond acceptors (Lipinski definition) is 6. The van der Waals surface area contributed by atoms with Crippen molar-refractivity contribution in [2.24, 2.45) is 0 Å². The Hall–Kier alpha value is -3.65. The molecule has 0 aliphatic carbocycles. The number of rotatable bonds is 10. The smallest absolute Gasteiger partial charge is 0.341 e. The molecule has 0 aliphatic rings. The number of benzene rings is 2. The summed E-state index contributed by atoms with van der Waals surface area (Å²) < 4.78 is 5.19. The second-order valence-corrected chi connectivity index (χ2v) is 8.58. The van der Waals surface area contributed by atoms with Crippen molar-refractivity contribution < 1.29 is 19.1 Å². The predicted octanol–water partition coefficient (Wildman–Crippen LogP) is 4.09. The van der Waals surface area contributed by atoms with Gasteiger partial charge >= 0.3 is 5.97 Å². The molecule has 8 heteroatoms. The summed E-state index contributed by atoms with van der Waals surface area (Å²) in [4.78, 5) is 41.4. The van der Waals surface area contributed by atoms with Crippen LogP contribution in [0.2, 0.25) is 0 Å². The van der Waals surface area contributed by atoms with Crippen LogP contribution in [-0.4, -0.2) is 35.1 Å². The summed E-state index contributed by atoms with van der Waals surface area (Å²) in [5.74, 6) is -1.17. The van der Waals surface area contributed by atoms with Gasteiger partial charge in [0, 0.05) is 6.20 Å². The van der Waals surface area contributed by atoms with E-state index in [-0.39, 0.29) is 29.3 Å². The number of nitrogens with zero attached hydrogens (tertiary/aromatic N) is 1. The van der Waals surface area contributed by atoms with E-state index in [0.717, 1.165) is 22.9 Å². The Bertz CT molecular complexity index is 1110. The predicted molar refractivity (Wildman–Crippen MR) is 131 cm³/mol. The lowest BCUT2D eigenvalue weighted by molar-refractivity contribution is -0.125. The normalized spacial score (nSPS) is 12.3. The zero-order chi connectivity index (χ0) is 24.3. The van der Waals surface area contributed by atoms with Crippen molar-refractivity contribution in [1.82, 2.24) is 15.6 Å². The van der Waals surface area contributed by atoms with Crippen LogP contribution in [0, 0.1) is 0 Å². The molecular weight excluding hydrogens is 450 g/mol. The summed E-state index contributed by atoms with van der Waals surface area (Å²) in [7, 11) is 0. The van der Waals surface area contributed by atoms with E-state index in [1.807, 2.05) is 74.5 Å². The molecule has 0 aliphatic heterocycles. The topological polar surface area (TPSA) is 97.4 Å². The molecule has 1 heterocycles. The summed E-state index contributed by atoms with van der Waals surface area (Å²) >= 11 is 1.14. The van der Waals surface area contributed by atoms with Gasteiger partial charge in [0.05, 0.1) is 23.4 Å². The molecule has 176 valence electrons. The van der Waals surface area contributed by atoms with Crippen LogP contribution in [0.15, 0.2) is 84.0 Å². The van der Waals surface area contributed by atoms with Crippen molar-refractivity contribution >= 4 is 29.5 Å². The maximum absolute atomic E-state index is 12.6. The molecule has 0 saturated heterocycles. The van der Waals surface area contributed by atoms with Crippen LogP contribution in [0.1, 0.15) is 47.4 Å². The van der Waals surface area contributed by atoms with Crippen LogP contribution in [0.5, 0.6) is 0 Å². The largest absolute Gasteiger partial charge is 0.452 e. The molecule has 0 spiro atoms. The van der Waals surface area contributed by atoms with Gasteiger partial charge in [-0.25, -0.2) is 9.78 Å². The maximum atomic E-state index is 12.6. The number of hydrogen-bond donors (Lipinski definition) is 2. The second kappa shape index (κ2) is 12.6. The molecule has 3 aromatic rings. The van der Waals surface area contributed by atoms with Gasteiger partial charge in [-0.2, -0.15) is 0 Å². The fourth-order valence-electron chi connectivity index (χ4n) is 3.22. The van der Waals surface area contributed by atoms with Crippen molar-refractivity contribution in [2.45, 2.75) is 31.0 Å². The minimum absolute atomic E-state index is 0.0868. The Labute approximate surface area is 203 Å². The Morgan fingerprint density at radius 1 is 0.824 bits per heavy atom. The molecular formula is C26H27N3O4S. The van der Waals surface area contributed by atoms with Crippen molar-refractivity contribution in [1.29, 1.82) is 0 Å². The van der Waals surface area contributed by atoms with Crippen LogP contribution in [0.4, 0.5) is 0 Å². The summed E-state index contributed by atoms with van der Waals surface area (Å²) in [6.07, 6.45) is 1.54. The third kappa shape index (κ3) is 7.45. The Morgan fingerprint density at radius 3 is 1.97 bits per heavy atom. The van der Waals surface area contributed by atoms with Crippen LogP contribution in [0.3, 0.4) is 0 Å². The number of aromatic nitrogens is 1. The van der Waals surface area contributed by atoms with E-state index in [4.69, 9.17) is 4.74 Å². The van der Waals surface area contributed by atoms with Crippen LogP contribution in [0.25, 0.3) is 0 Å². The number of nitrogens with one attached hydrogen (secondary N) is 2. The van der Waals surface area contributed by atoms with E-state index in [0.29, 0.717) is 5.03 Å². The number of carbonyl (C=O) groups is 3. The highest BCUT2D eigenvalue weighted by Crippen LogP contribution is 2.21. The first-order chi connectivity index (χ1) is 16.4. The molecule has 0 saturated carbocycles. The van der Waals surface area contributed by atoms with Crippen LogP contribution < -0.4 is 10.6 Å². The summed E-state index contributed by atoms with van der Waals surface area (Å²) in [5, 5.41) is 6.10. The number of amides is 2. The average Bonchev–Trinajstić information content (AvgIpc) is 2.87. The number of ether oxygens (including phenoxy) is 1. The third-order valence-corrected chi connectivity index (χ3v) is 6.02. The van der Waals surface area contributed by atoms with Crippen molar-refractivity contribution in [3.8, 4) is 0 Å². The van der Waals surface area contributed by atoms with Crippen LogP contribution >= 0.6 is 11.8 Å². The summed E-state index contributed by atoms with van der Waals surface area (Å²) in [6, 6.07) is 22.0. The number of carbonyl (C=O) groups excluding carboxylic acids is 3. The third-order valence-electron chi connectivity index (χ3n) is 5.02. The second-order valence-electron chi connectivity index (χ2n) is 7.62. The fourth-order valence-corrected chi connectivity index (χ4v) is 4.01. The standard InChI is InChI=1S/C26H27N3O4S/c1-18(20-10-5-3-6-11-20)28-23(30)16-33-26(32)22-14-9-15-27-25(22)34-17-24(31)29-19(2)21-12-7-4-8-13-21/h3-15,18-19H,16-17H2,1-2H3,(H,28,30)(H,29,31)/t18-,19-/m0/s1. The molecule has 34 heavy (non-hydrogen) atoms. The van der Waals surface area contributed by atoms with Crippen LogP contribution in [-0.2, 0) is 14.3 Å². The minimum Gasteiger partial charge on any atom is -0.452 e. The van der Waals surface area contributed by atoms with E-state index in [9.17, 15) is 14.4 Å². The van der Waals surface area contributed by atoms with E-state index < -0.39 is 18.5 Å². The first-order valence-electron chi connectivity index (χ1n) is 10.9. The lowest BCUT2D eigenvalue weighted by Gasteiger charge is -2.15. The van der Waals surface area contributed by atoms with Gasteiger partial charge in [0.25, 0.3) is 5.91 Å². The molecule has 0 fully saturated rings. The van der Waals surface area contributed by atoms with E-state index in [2.05, 4.69) is 15.6 Å². The molecule has 2 amide bonds. The van der Waals surface area contributed by atoms with Gasteiger partial charge in [-0.15, -0.1) is 0 Å². The molecule has 7 nitrogen and oxygen atoms in total. The molecule has 0 radical (unpaired) electrons. The summed E-state index contributed by atoms with van der Waals surface area (Å²) in [5.41, 5.74) is 2.16. The zero-order valence-electron chi connectivity index (χ0n) is 19.1. The highest BCUT2D eigenvalue weighted by molar-refractivity contribution is 8.00. The van der Waals surface area contributed by atoms with Gasteiger partial charge in [0.15, 0.2) is 6.61 Å². The van der Waals surface area contributed by atoms with Crippen molar-refractivity contribution in [2.75, 3.05) is 12.4 Å². The lowest BCUT2D eigenvalue weighted by Crippen LogP contribution is -2.31. The Kier molecular flexibility index (Phi) is 9.22. The highest BCUT2D eigenvalue weighted by atomic mass is 32.2. The Morgan fingerprint density at radius 2 is 1.38 bits per heavy atom. The Balaban J connectivity index is 1.50. The van der Waals surface area contributed by atoms with Gasteiger partial charge in [0.2, 0.25) is 5.91 Å². The quantitative estimate of drug-likeness (QED) is 0.337. The monoisotopic (exact) mass is 477 g/mol. The molecule has 2 atom stereocenters. The molecule has 2 aromatic carbocycles. The fraction of sp³-hybridized carbons (Fsp3) is 0.231.